The zero-order valence-electron chi connectivity index (χ0n) is 12.8. The maximum atomic E-state index is 12.0. The number of nitrogens with one attached hydrogen (secondary N) is 3. The summed E-state index contributed by atoms with van der Waals surface area (Å²) in [6.45, 7) is 2.01. The summed E-state index contributed by atoms with van der Waals surface area (Å²) in [5.41, 5.74) is 3.46. The van der Waals surface area contributed by atoms with E-state index >= 15 is 0 Å². The van der Waals surface area contributed by atoms with Crippen molar-refractivity contribution in [3.05, 3.63) is 58.1 Å². The van der Waals surface area contributed by atoms with E-state index in [1.54, 1.807) is 6.07 Å². The van der Waals surface area contributed by atoms with Crippen LogP contribution in [-0.2, 0) is 4.79 Å². The first-order valence-electron chi connectivity index (χ1n) is 7.20. The number of anilines is 1. The van der Waals surface area contributed by atoms with Gasteiger partial charge >= 0.3 is 5.16 Å². The van der Waals surface area contributed by atoms with E-state index in [2.05, 4.69) is 15.3 Å². The number of hydrogen-bond donors (Lipinski definition) is 2. The van der Waals surface area contributed by atoms with Crippen LogP contribution in [0.2, 0.25) is 0 Å². The number of H-pyrrole nitrogens is 2. The average Bonchev–Trinajstić information content (AvgIpc) is 2.95. The predicted molar refractivity (Wildman–Crippen MR) is 92.0 cm³/mol. The Morgan fingerprint density at radius 2 is 2.17 bits per heavy atom. The average molecular weight is 343 g/mol. The van der Waals surface area contributed by atoms with Gasteiger partial charge in [-0.2, -0.15) is 0 Å². The van der Waals surface area contributed by atoms with E-state index in [1.165, 1.54) is 30.0 Å². The molecule has 0 aliphatic heterocycles. The largest absolute Gasteiger partial charge is 0.325 e. The third kappa shape index (κ3) is 3.72. The second-order valence-corrected chi connectivity index (χ2v) is 6.26. The molecule has 8 heteroatoms. The van der Waals surface area contributed by atoms with Gasteiger partial charge in [0.05, 0.1) is 10.7 Å². The minimum absolute atomic E-state index is 0.0558. The standard InChI is InChI=1S/C16H14N4O3S/c1-10-5-6-13-14(7-10)19-16(18-13)24-9-15(21)17-11-3-2-4-12(8-11)20(22)23/h2-8H,9H2,1H3,(H,17,21)(H,18,19)/p+1. The Morgan fingerprint density at radius 3 is 2.96 bits per heavy atom. The number of non-ortho nitro benzene ring substituents is 1. The third-order valence-electron chi connectivity index (χ3n) is 3.36. The van der Waals surface area contributed by atoms with Gasteiger partial charge in [0.25, 0.3) is 5.69 Å². The molecule has 3 N–H and O–H groups in total. The lowest BCUT2D eigenvalue weighted by Crippen LogP contribution is -2.15. The fourth-order valence-corrected chi connectivity index (χ4v) is 2.96. The van der Waals surface area contributed by atoms with Crippen LogP contribution in [0.15, 0.2) is 47.6 Å². The number of aryl methyl sites for hydroxylation is 1. The third-order valence-corrected chi connectivity index (χ3v) is 4.26. The van der Waals surface area contributed by atoms with Crippen LogP contribution >= 0.6 is 11.8 Å². The molecule has 0 unspecified atom stereocenters. The Balaban J connectivity index is 1.62. The Hall–Kier alpha value is -2.87. The number of nitrogens with zero attached hydrogens (tertiary/aromatic N) is 1. The molecule has 0 aliphatic carbocycles. The van der Waals surface area contributed by atoms with E-state index in [1.807, 2.05) is 25.1 Å². The summed E-state index contributed by atoms with van der Waals surface area (Å²) in [5.74, 6) is -0.0471. The number of amides is 1. The molecule has 3 aromatic rings. The van der Waals surface area contributed by atoms with Gasteiger partial charge in [-0.3, -0.25) is 14.9 Å². The molecule has 0 bridgehead atoms. The Morgan fingerprint density at radius 1 is 1.33 bits per heavy atom. The van der Waals surface area contributed by atoms with Crippen LogP contribution < -0.4 is 10.3 Å². The van der Waals surface area contributed by atoms with Gasteiger partial charge in [0, 0.05) is 17.8 Å². The first-order valence-corrected chi connectivity index (χ1v) is 8.18. The van der Waals surface area contributed by atoms with Crippen molar-refractivity contribution >= 4 is 40.1 Å². The minimum atomic E-state index is -0.494. The van der Waals surface area contributed by atoms with Gasteiger partial charge < -0.3 is 5.32 Å². The Kier molecular flexibility index (Phi) is 4.48. The minimum Gasteiger partial charge on any atom is -0.325 e. The van der Waals surface area contributed by atoms with Crippen molar-refractivity contribution < 1.29 is 14.7 Å². The summed E-state index contributed by atoms with van der Waals surface area (Å²) in [5, 5.41) is 14.2. The number of aromatic amines is 2. The zero-order valence-corrected chi connectivity index (χ0v) is 13.6. The van der Waals surface area contributed by atoms with Gasteiger partial charge in [0.1, 0.15) is 0 Å². The topological polar surface area (TPSA) is 102 Å². The molecule has 0 radical (unpaired) electrons. The van der Waals surface area contributed by atoms with Crippen molar-refractivity contribution in [1.29, 1.82) is 0 Å². The normalized spacial score (nSPS) is 10.7. The monoisotopic (exact) mass is 343 g/mol. The lowest BCUT2D eigenvalue weighted by atomic mass is 10.2. The first kappa shape index (κ1) is 16.0. The second kappa shape index (κ2) is 6.71. The number of carbonyl (C=O) groups excluding carboxylic acids is 1. The van der Waals surface area contributed by atoms with Crippen molar-refractivity contribution in [2.45, 2.75) is 12.1 Å². The number of aromatic nitrogens is 2. The van der Waals surface area contributed by atoms with Crippen LogP contribution in [0.3, 0.4) is 0 Å². The van der Waals surface area contributed by atoms with Crippen LogP contribution in [0.1, 0.15) is 5.56 Å². The van der Waals surface area contributed by atoms with Crippen molar-refractivity contribution in [3.8, 4) is 0 Å². The molecule has 1 heterocycles. The summed E-state index contributed by atoms with van der Waals surface area (Å²) >= 11 is 1.33. The number of nitro benzene ring substituents is 1. The molecular weight excluding hydrogens is 328 g/mol. The number of benzene rings is 2. The van der Waals surface area contributed by atoms with Crippen LogP contribution in [-0.4, -0.2) is 21.6 Å². The predicted octanol–water partition coefficient (Wildman–Crippen LogP) is 2.93. The summed E-state index contributed by atoms with van der Waals surface area (Å²) in [6.07, 6.45) is 0. The van der Waals surface area contributed by atoms with Crippen molar-refractivity contribution in [2.75, 3.05) is 11.1 Å². The SMILES string of the molecule is Cc1ccc2[nH+]c(SCC(=O)Nc3cccc([N+](=O)[O-])c3)[nH]c2c1. The maximum absolute atomic E-state index is 12.0. The van der Waals surface area contributed by atoms with E-state index in [4.69, 9.17) is 0 Å². The Bertz CT molecular complexity index is 923. The summed E-state index contributed by atoms with van der Waals surface area (Å²) in [6, 6.07) is 11.9. The van der Waals surface area contributed by atoms with E-state index < -0.39 is 4.92 Å². The smallest absolute Gasteiger partial charge is 0.315 e. The molecule has 0 saturated heterocycles. The number of rotatable bonds is 5. The molecule has 24 heavy (non-hydrogen) atoms. The fourth-order valence-electron chi connectivity index (χ4n) is 2.25. The molecule has 0 fully saturated rings. The van der Waals surface area contributed by atoms with Gasteiger partial charge in [0.15, 0.2) is 11.0 Å². The van der Waals surface area contributed by atoms with Crippen LogP contribution in [0, 0.1) is 17.0 Å². The number of carbonyl (C=O) groups is 1. The van der Waals surface area contributed by atoms with Gasteiger partial charge in [-0.15, -0.1) is 0 Å². The van der Waals surface area contributed by atoms with Crippen molar-refractivity contribution in [3.63, 3.8) is 0 Å². The maximum Gasteiger partial charge on any atom is 0.315 e. The summed E-state index contributed by atoms with van der Waals surface area (Å²) in [4.78, 5) is 28.7. The molecule has 0 atom stereocenters. The number of hydrogen-bond acceptors (Lipinski definition) is 4. The summed E-state index contributed by atoms with van der Waals surface area (Å²) < 4.78 is 0. The lowest BCUT2D eigenvalue weighted by Gasteiger charge is -2.03. The molecular formula is C16H15N4O3S+. The van der Waals surface area contributed by atoms with Crippen molar-refractivity contribution in [2.24, 2.45) is 0 Å². The number of nitro groups is 1. The van der Waals surface area contributed by atoms with E-state index in [-0.39, 0.29) is 17.3 Å². The van der Waals surface area contributed by atoms with Crippen LogP contribution in [0.25, 0.3) is 11.0 Å². The van der Waals surface area contributed by atoms with Gasteiger partial charge in [-0.25, -0.2) is 9.97 Å². The van der Waals surface area contributed by atoms with E-state index in [0.29, 0.717) is 5.69 Å². The molecule has 7 nitrogen and oxygen atoms in total. The fraction of sp³-hybridized carbons (Fsp3) is 0.125. The highest BCUT2D eigenvalue weighted by atomic mass is 32.2. The van der Waals surface area contributed by atoms with Crippen molar-refractivity contribution in [1.82, 2.24) is 4.98 Å². The molecule has 0 saturated carbocycles. The summed E-state index contributed by atoms with van der Waals surface area (Å²) in [7, 11) is 0. The van der Waals surface area contributed by atoms with E-state index in [0.717, 1.165) is 21.8 Å². The number of imidazole rings is 1. The van der Waals surface area contributed by atoms with Gasteiger partial charge in [-0.1, -0.05) is 12.1 Å². The highest BCUT2D eigenvalue weighted by Crippen LogP contribution is 2.19. The zero-order chi connectivity index (χ0) is 17.1. The quantitative estimate of drug-likeness (QED) is 0.422. The van der Waals surface area contributed by atoms with Gasteiger partial charge in [0.2, 0.25) is 5.91 Å². The molecule has 0 spiro atoms. The lowest BCUT2D eigenvalue weighted by molar-refractivity contribution is -0.396. The van der Waals surface area contributed by atoms with Gasteiger partial charge in [-0.05, 0) is 42.4 Å². The Labute approximate surface area is 141 Å². The molecule has 2 aromatic carbocycles. The molecule has 1 amide bonds. The molecule has 122 valence electrons. The highest BCUT2D eigenvalue weighted by molar-refractivity contribution is 7.99. The molecule has 0 aliphatic rings. The second-order valence-electron chi connectivity index (χ2n) is 5.27. The highest BCUT2D eigenvalue weighted by Gasteiger charge is 2.13. The first-order chi connectivity index (χ1) is 11.5. The van der Waals surface area contributed by atoms with Crippen LogP contribution in [0.4, 0.5) is 11.4 Å². The van der Waals surface area contributed by atoms with E-state index in [9.17, 15) is 14.9 Å². The van der Waals surface area contributed by atoms with Crippen LogP contribution in [0.5, 0.6) is 0 Å². The molecule has 1 aromatic heterocycles. The molecule has 3 rings (SSSR count). The number of thioether (sulfide) groups is 1. The number of fused-ring (bicyclic) bond motifs is 1.